The van der Waals surface area contributed by atoms with Crippen LogP contribution < -0.4 is 0 Å². The standard InChI is InChI=1S/C14H23NO2/c1-3-5-9-15(10-6-4-2)12-13(16)14-8-7-11-17-14/h7-8,11H,3-6,9-10,12H2,1-2H3. The van der Waals surface area contributed by atoms with E-state index in [2.05, 4.69) is 18.7 Å². The van der Waals surface area contributed by atoms with Crippen LogP contribution in [0.25, 0.3) is 0 Å². The number of carbonyl (C=O) groups is 1. The van der Waals surface area contributed by atoms with Crippen LogP contribution in [-0.2, 0) is 0 Å². The Hall–Kier alpha value is -1.09. The lowest BCUT2D eigenvalue weighted by Crippen LogP contribution is -2.31. The quantitative estimate of drug-likeness (QED) is 0.617. The van der Waals surface area contributed by atoms with E-state index in [0.717, 1.165) is 38.8 Å². The summed E-state index contributed by atoms with van der Waals surface area (Å²) in [7, 11) is 0. The summed E-state index contributed by atoms with van der Waals surface area (Å²) in [6, 6.07) is 3.50. The van der Waals surface area contributed by atoms with Crippen molar-refractivity contribution in [1.29, 1.82) is 0 Å². The molecule has 0 amide bonds. The molecule has 96 valence electrons. The van der Waals surface area contributed by atoms with Crippen LogP contribution in [0.2, 0.25) is 0 Å². The molecule has 0 bridgehead atoms. The summed E-state index contributed by atoms with van der Waals surface area (Å²) in [6.07, 6.45) is 6.18. The first-order valence-corrected chi connectivity index (χ1v) is 6.57. The molecule has 1 heterocycles. The maximum Gasteiger partial charge on any atom is 0.211 e. The van der Waals surface area contributed by atoms with Gasteiger partial charge in [-0.2, -0.15) is 0 Å². The Labute approximate surface area is 104 Å². The van der Waals surface area contributed by atoms with Gasteiger partial charge in [0, 0.05) is 0 Å². The summed E-state index contributed by atoms with van der Waals surface area (Å²) in [5, 5.41) is 0. The minimum absolute atomic E-state index is 0.0854. The maximum absolute atomic E-state index is 11.9. The first kappa shape index (κ1) is 14.0. The number of unbranched alkanes of at least 4 members (excludes halogenated alkanes) is 2. The number of rotatable bonds is 9. The Morgan fingerprint density at radius 2 is 1.88 bits per heavy atom. The van der Waals surface area contributed by atoms with Crippen LogP contribution in [0.15, 0.2) is 22.8 Å². The van der Waals surface area contributed by atoms with Gasteiger partial charge in [0.1, 0.15) is 0 Å². The molecule has 3 heteroatoms. The second kappa shape index (κ2) is 8.07. The molecule has 0 saturated heterocycles. The van der Waals surface area contributed by atoms with Crippen LogP contribution in [0.5, 0.6) is 0 Å². The van der Waals surface area contributed by atoms with Crippen LogP contribution in [0.1, 0.15) is 50.1 Å². The molecule has 0 atom stereocenters. The van der Waals surface area contributed by atoms with Gasteiger partial charge in [0.05, 0.1) is 12.8 Å². The lowest BCUT2D eigenvalue weighted by Gasteiger charge is -2.20. The topological polar surface area (TPSA) is 33.5 Å². The van der Waals surface area contributed by atoms with E-state index in [0.29, 0.717) is 12.3 Å². The molecule has 1 aromatic rings. The first-order valence-electron chi connectivity index (χ1n) is 6.57. The van der Waals surface area contributed by atoms with Crippen LogP contribution in [-0.4, -0.2) is 30.3 Å². The van der Waals surface area contributed by atoms with Crippen LogP contribution in [0, 0.1) is 0 Å². The Morgan fingerprint density at radius 1 is 1.24 bits per heavy atom. The molecule has 17 heavy (non-hydrogen) atoms. The maximum atomic E-state index is 11.9. The van der Waals surface area contributed by atoms with Gasteiger partial charge in [-0.05, 0) is 38.1 Å². The molecule has 1 rings (SSSR count). The van der Waals surface area contributed by atoms with Gasteiger partial charge in [0.15, 0.2) is 5.76 Å². The molecular weight excluding hydrogens is 214 g/mol. The number of carbonyl (C=O) groups excluding carboxylic acids is 1. The fourth-order valence-electron chi connectivity index (χ4n) is 1.75. The number of furan rings is 1. The van der Waals surface area contributed by atoms with Crippen molar-refractivity contribution in [2.45, 2.75) is 39.5 Å². The molecule has 0 aromatic carbocycles. The van der Waals surface area contributed by atoms with E-state index in [-0.39, 0.29) is 5.78 Å². The Kier molecular flexibility index (Phi) is 6.63. The lowest BCUT2D eigenvalue weighted by molar-refractivity contribution is 0.0901. The Morgan fingerprint density at radius 3 is 2.35 bits per heavy atom. The monoisotopic (exact) mass is 237 g/mol. The highest BCUT2D eigenvalue weighted by molar-refractivity contribution is 5.94. The minimum Gasteiger partial charge on any atom is -0.461 e. The van der Waals surface area contributed by atoms with Gasteiger partial charge in [-0.25, -0.2) is 0 Å². The highest BCUT2D eigenvalue weighted by Crippen LogP contribution is 2.05. The fourth-order valence-corrected chi connectivity index (χ4v) is 1.75. The van der Waals surface area contributed by atoms with Crippen LogP contribution in [0.3, 0.4) is 0 Å². The molecule has 3 nitrogen and oxygen atoms in total. The third kappa shape index (κ3) is 5.18. The number of nitrogens with zero attached hydrogens (tertiary/aromatic N) is 1. The Balaban J connectivity index is 2.43. The van der Waals surface area contributed by atoms with Crippen molar-refractivity contribution in [3.05, 3.63) is 24.2 Å². The third-order valence-corrected chi connectivity index (χ3v) is 2.82. The van der Waals surface area contributed by atoms with E-state index in [1.165, 1.54) is 0 Å². The second-order valence-electron chi connectivity index (χ2n) is 4.38. The number of hydrogen-bond donors (Lipinski definition) is 0. The molecule has 0 aliphatic rings. The average molecular weight is 237 g/mol. The van der Waals surface area contributed by atoms with Crippen molar-refractivity contribution in [2.24, 2.45) is 0 Å². The van der Waals surface area contributed by atoms with Crippen molar-refractivity contribution in [1.82, 2.24) is 4.90 Å². The van der Waals surface area contributed by atoms with Crippen molar-refractivity contribution < 1.29 is 9.21 Å². The Bertz CT molecular complexity index is 298. The predicted octanol–water partition coefficient (Wildman–Crippen LogP) is 3.36. The number of ketones is 1. The lowest BCUT2D eigenvalue weighted by atomic mass is 10.2. The molecule has 0 saturated carbocycles. The SMILES string of the molecule is CCCCN(CCCC)CC(=O)c1ccco1. The molecule has 0 radical (unpaired) electrons. The molecule has 0 unspecified atom stereocenters. The summed E-state index contributed by atoms with van der Waals surface area (Å²) in [5.41, 5.74) is 0. The van der Waals surface area contributed by atoms with Gasteiger partial charge in [0.2, 0.25) is 5.78 Å². The highest BCUT2D eigenvalue weighted by atomic mass is 16.3. The average Bonchev–Trinajstić information content (AvgIpc) is 2.86. The summed E-state index contributed by atoms with van der Waals surface area (Å²) in [4.78, 5) is 14.1. The van der Waals surface area contributed by atoms with Gasteiger partial charge in [-0.1, -0.05) is 26.7 Å². The van der Waals surface area contributed by atoms with E-state index in [1.54, 1.807) is 18.4 Å². The summed E-state index contributed by atoms with van der Waals surface area (Å²) >= 11 is 0. The van der Waals surface area contributed by atoms with Gasteiger partial charge < -0.3 is 4.42 Å². The van der Waals surface area contributed by atoms with E-state index in [4.69, 9.17) is 4.42 Å². The molecule has 0 fully saturated rings. The van der Waals surface area contributed by atoms with E-state index in [1.807, 2.05) is 0 Å². The first-order chi connectivity index (χ1) is 8.27. The van der Waals surface area contributed by atoms with Crippen LogP contribution in [0.4, 0.5) is 0 Å². The molecule has 1 aromatic heterocycles. The third-order valence-electron chi connectivity index (χ3n) is 2.82. The zero-order valence-electron chi connectivity index (χ0n) is 10.9. The molecule has 0 aliphatic heterocycles. The molecule has 0 aliphatic carbocycles. The normalized spacial score (nSPS) is 11.0. The summed E-state index contributed by atoms with van der Waals surface area (Å²) in [6.45, 7) is 6.83. The van der Waals surface area contributed by atoms with Crippen molar-refractivity contribution in [3.8, 4) is 0 Å². The van der Waals surface area contributed by atoms with E-state index >= 15 is 0 Å². The van der Waals surface area contributed by atoms with Gasteiger partial charge in [-0.3, -0.25) is 9.69 Å². The van der Waals surface area contributed by atoms with Gasteiger partial charge in [-0.15, -0.1) is 0 Å². The van der Waals surface area contributed by atoms with Crippen molar-refractivity contribution in [2.75, 3.05) is 19.6 Å². The van der Waals surface area contributed by atoms with Crippen molar-refractivity contribution in [3.63, 3.8) is 0 Å². The van der Waals surface area contributed by atoms with E-state index in [9.17, 15) is 4.79 Å². The highest BCUT2D eigenvalue weighted by Gasteiger charge is 2.13. The fraction of sp³-hybridized carbons (Fsp3) is 0.643. The second-order valence-corrected chi connectivity index (χ2v) is 4.38. The number of Topliss-reactive ketones (excluding diaryl/α,β-unsaturated/α-hetero) is 1. The zero-order valence-corrected chi connectivity index (χ0v) is 10.9. The minimum atomic E-state index is 0.0854. The predicted molar refractivity (Wildman–Crippen MR) is 69.3 cm³/mol. The van der Waals surface area contributed by atoms with Crippen molar-refractivity contribution >= 4 is 5.78 Å². The largest absolute Gasteiger partial charge is 0.461 e. The van der Waals surface area contributed by atoms with Gasteiger partial charge in [0.25, 0.3) is 0 Å². The molecule has 0 spiro atoms. The molecule has 0 N–H and O–H groups in total. The molecular formula is C14H23NO2. The summed E-state index contributed by atoms with van der Waals surface area (Å²) in [5.74, 6) is 0.560. The zero-order chi connectivity index (χ0) is 12.5. The summed E-state index contributed by atoms with van der Waals surface area (Å²) < 4.78 is 5.13. The van der Waals surface area contributed by atoms with Crippen LogP contribution >= 0.6 is 0 Å². The van der Waals surface area contributed by atoms with E-state index < -0.39 is 0 Å². The number of hydrogen-bond acceptors (Lipinski definition) is 3. The smallest absolute Gasteiger partial charge is 0.211 e. The van der Waals surface area contributed by atoms with Gasteiger partial charge >= 0.3 is 0 Å².